The maximum atomic E-state index is 12.5. The quantitative estimate of drug-likeness (QED) is 0.203. The van der Waals surface area contributed by atoms with E-state index in [0.29, 0.717) is 0 Å². The summed E-state index contributed by atoms with van der Waals surface area (Å²) in [4.78, 5) is 47.3. The Balaban J connectivity index is 1.63. The molecule has 0 aliphatic rings. The van der Waals surface area contributed by atoms with Crippen molar-refractivity contribution in [3.8, 4) is 23.0 Å². The number of carboxylic acid groups (broad SMARTS) is 4. The number of rotatable bonds is 10. The molecule has 4 N–H and O–H groups in total. The molecule has 4 aromatic carbocycles. The van der Waals surface area contributed by atoms with Crippen LogP contribution in [0.15, 0.2) is 97.1 Å². The van der Waals surface area contributed by atoms with Gasteiger partial charge in [-0.3, -0.25) is 9.59 Å². The van der Waals surface area contributed by atoms with Crippen LogP contribution in [-0.2, 0) is 15.0 Å². The molecule has 0 amide bonds. The zero-order chi connectivity index (χ0) is 28.2. The second-order valence-electron chi connectivity index (χ2n) is 8.28. The number of ether oxygens (including phenoxy) is 2. The van der Waals surface area contributed by atoms with Crippen LogP contribution < -0.4 is 9.47 Å². The highest BCUT2D eigenvalue weighted by Crippen LogP contribution is 2.36. The van der Waals surface area contributed by atoms with Gasteiger partial charge in [-0.1, -0.05) is 36.4 Å². The van der Waals surface area contributed by atoms with E-state index in [2.05, 4.69) is 0 Å². The van der Waals surface area contributed by atoms with Crippen molar-refractivity contribution < 1.29 is 49.1 Å². The Kier molecular flexibility index (Phi) is 7.30. The largest absolute Gasteiger partial charge is 0.480 e. The maximum absolute atomic E-state index is 12.5. The van der Waals surface area contributed by atoms with Gasteiger partial charge < -0.3 is 29.9 Å². The van der Waals surface area contributed by atoms with Crippen molar-refractivity contribution in [3.63, 3.8) is 0 Å². The summed E-state index contributed by atoms with van der Waals surface area (Å²) in [6.45, 7) is 0. The molecule has 0 aliphatic heterocycles. The lowest BCUT2D eigenvalue weighted by Crippen LogP contribution is -2.44. The molecule has 39 heavy (non-hydrogen) atoms. The number of aromatic carboxylic acids is 2. The lowest BCUT2D eigenvalue weighted by Gasteiger charge is -2.26. The lowest BCUT2D eigenvalue weighted by atomic mass is 9.74. The molecule has 10 nitrogen and oxygen atoms in total. The van der Waals surface area contributed by atoms with Crippen LogP contribution in [0.2, 0.25) is 0 Å². The second-order valence-corrected chi connectivity index (χ2v) is 8.28. The van der Waals surface area contributed by atoms with Gasteiger partial charge in [-0.05, 0) is 71.8 Å². The molecule has 0 heterocycles. The van der Waals surface area contributed by atoms with Crippen LogP contribution in [0.3, 0.4) is 0 Å². The minimum Gasteiger partial charge on any atom is -0.480 e. The minimum absolute atomic E-state index is 0.0157. The molecule has 0 saturated heterocycles. The van der Waals surface area contributed by atoms with E-state index in [0.717, 1.165) is 0 Å². The van der Waals surface area contributed by atoms with E-state index in [1.165, 1.54) is 84.9 Å². The Labute approximate surface area is 220 Å². The SMILES string of the molecule is O=C(O)c1cccc(Oc2ccc(C(C(=O)O)(C(=O)O)c3ccc(Oc4cccc(C(=O)O)c4)cc3)cc2)c1. The van der Waals surface area contributed by atoms with E-state index in [-0.39, 0.29) is 45.3 Å². The summed E-state index contributed by atoms with van der Waals surface area (Å²) < 4.78 is 11.3. The van der Waals surface area contributed by atoms with Gasteiger partial charge >= 0.3 is 23.9 Å². The summed E-state index contributed by atoms with van der Waals surface area (Å²) in [5, 5.41) is 38.5. The van der Waals surface area contributed by atoms with Crippen LogP contribution in [0.1, 0.15) is 31.8 Å². The molecule has 0 unspecified atom stereocenters. The molecule has 0 aromatic heterocycles. The van der Waals surface area contributed by atoms with Crippen LogP contribution in [-0.4, -0.2) is 44.3 Å². The summed E-state index contributed by atoms with van der Waals surface area (Å²) in [6.07, 6.45) is 0. The van der Waals surface area contributed by atoms with Gasteiger partial charge in [-0.15, -0.1) is 0 Å². The second kappa shape index (κ2) is 10.8. The van der Waals surface area contributed by atoms with Gasteiger partial charge in [0.15, 0.2) is 0 Å². The van der Waals surface area contributed by atoms with Crippen LogP contribution in [0.25, 0.3) is 0 Å². The third kappa shape index (κ3) is 5.39. The van der Waals surface area contributed by atoms with Gasteiger partial charge in [0.25, 0.3) is 0 Å². The molecule has 0 spiro atoms. The topological polar surface area (TPSA) is 168 Å². The van der Waals surface area contributed by atoms with Gasteiger partial charge in [0.05, 0.1) is 11.1 Å². The van der Waals surface area contributed by atoms with Gasteiger partial charge in [0.2, 0.25) is 5.41 Å². The molecule has 4 rings (SSSR count). The molecule has 0 fully saturated rings. The Morgan fingerprint density at radius 3 is 1.15 bits per heavy atom. The molecule has 4 aromatic rings. The highest BCUT2D eigenvalue weighted by molar-refractivity contribution is 6.08. The molecular weight excluding hydrogens is 508 g/mol. The normalized spacial score (nSPS) is 10.9. The first kappa shape index (κ1) is 26.4. The first-order chi connectivity index (χ1) is 18.6. The van der Waals surface area contributed by atoms with Crippen molar-refractivity contribution >= 4 is 23.9 Å². The lowest BCUT2D eigenvalue weighted by molar-refractivity contribution is -0.155. The van der Waals surface area contributed by atoms with Gasteiger partial charge in [-0.2, -0.15) is 0 Å². The molecule has 0 radical (unpaired) electrons. The molecule has 196 valence electrons. The zero-order valence-corrected chi connectivity index (χ0v) is 20.0. The number of carboxylic acids is 4. The van der Waals surface area contributed by atoms with Gasteiger partial charge in [0, 0.05) is 0 Å². The number of aliphatic carboxylic acids is 2. The first-order valence-electron chi connectivity index (χ1n) is 11.3. The minimum atomic E-state index is -2.47. The molecular formula is C29H20O10. The number of hydrogen-bond donors (Lipinski definition) is 4. The predicted octanol–water partition coefficient (Wildman–Crippen LogP) is 5.12. The standard InChI is InChI=1S/C29H20O10/c30-25(31)17-3-1-5-23(15-17)38-21-11-7-19(8-12-21)29(27(34)35,28(36)37)20-9-13-22(14-10-20)39-24-6-2-4-18(16-24)26(32)33/h1-16H,(H,30,31)(H,32,33)(H,34,35)(H,36,37). The highest BCUT2D eigenvalue weighted by atomic mass is 16.5. The Morgan fingerprint density at radius 2 is 0.846 bits per heavy atom. The summed E-state index contributed by atoms with van der Waals surface area (Å²) >= 11 is 0. The third-order valence-electron chi connectivity index (χ3n) is 5.85. The predicted molar refractivity (Wildman–Crippen MR) is 136 cm³/mol. The summed E-state index contributed by atoms with van der Waals surface area (Å²) in [6, 6.07) is 22.3. The molecule has 10 heteroatoms. The zero-order valence-electron chi connectivity index (χ0n) is 20.0. The number of carbonyl (C=O) groups is 4. The van der Waals surface area contributed by atoms with Crippen LogP contribution in [0, 0.1) is 0 Å². The van der Waals surface area contributed by atoms with E-state index >= 15 is 0 Å². The fraction of sp³-hybridized carbons (Fsp3) is 0.0345. The van der Waals surface area contributed by atoms with Crippen molar-refractivity contribution in [2.75, 3.05) is 0 Å². The number of benzene rings is 4. The van der Waals surface area contributed by atoms with Crippen molar-refractivity contribution in [1.82, 2.24) is 0 Å². The Hall–Kier alpha value is -5.64. The van der Waals surface area contributed by atoms with E-state index in [1.54, 1.807) is 12.1 Å². The highest BCUT2D eigenvalue weighted by Gasteiger charge is 2.50. The average molecular weight is 528 g/mol. The summed E-state index contributed by atoms with van der Waals surface area (Å²) in [5.41, 5.74) is -2.55. The van der Waals surface area contributed by atoms with Crippen molar-refractivity contribution in [2.45, 2.75) is 5.41 Å². The van der Waals surface area contributed by atoms with Gasteiger partial charge in [-0.25, -0.2) is 9.59 Å². The van der Waals surface area contributed by atoms with E-state index in [9.17, 15) is 29.4 Å². The van der Waals surface area contributed by atoms with Crippen molar-refractivity contribution in [3.05, 3.63) is 119 Å². The van der Waals surface area contributed by atoms with E-state index in [1.807, 2.05) is 0 Å². The molecule has 0 saturated carbocycles. The van der Waals surface area contributed by atoms with Gasteiger partial charge in [0.1, 0.15) is 23.0 Å². The average Bonchev–Trinajstić information content (AvgIpc) is 2.91. The van der Waals surface area contributed by atoms with Crippen molar-refractivity contribution in [2.24, 2.45) is 0 Å². The maximum Gasteiger partial charge on any atom is 0.335 e. The van der Waals surface area contributed by atoms with E-state index < -0.39 is 29.3 Å². The number of hydrogen-bond acceptors (Lipinski definition) is 6. The Bertz CT molecular complexity index is 1440. The molecule has 0 bridgehead atoms. The molecule has 0 atom stereocenters. The third-order valence-corrected chi connectivity index (χ3v) is 5.85. The summed E-state index contributed by atoms with van der Waals surface area (Å²) in [7, 11) is 0. The van der Waals surface area contributed by atoms with Crippen LogP contribution in [0.5, 0.6) is 23.0 Å². The fourth-order valence-electron chi connectivity index (χ4n) is 3.96. The van der Waals surface area contributed by atoms with E-state index in [4.69, 9.17) is 19.7 Å². The van der Waals surface area contributed by atoms with Crippen LogP contribution >= 0.6 is 0 Å². The fourth-order valence-corrected chi connectivity index (χ4v) is 3.96. The Morgan fingerprint density at radius 1 is 0.487 bits per heavy atom. The first-order valence-corrected chi connectivity index (χ1v) is 11.3. The summed E-state index contributed by atoms with van der Waals surface area (Å²) in [5.74, 6) is -4.58. The molecule has 0 aliphatic carbocycles. The van der Waals surface area contributed by atoms with Crippen LogP contribution in [0.4, 0.5) is 0 Å². The monoisotopic (exact) mass is 528 g/mol. The van der Waals surface area contributed by atoms with Crippen molar-refractivity contribution in [1.29, 1.82) is 0 Å². The smallest absolute Gasteiger partial charge is 0.335 e.